The molecule has 0 unspecified atom stereocenters. The molecule has 3 aromatic rings. The number of para-hydroxylation sites is 2. The standard InChI is InChI=1S/C26H32N6O2/c1-21-19-22-9-5-6-14-32(22)25(21)28-26(33)31(20-27)13-8-7-12-29-15-17-30(18-16-29)23-10-3-4-11-24(23)34-2/h3-6,9-11,14,19H,7-8,12-13,15-18H2,1-2H3,(H,28,33). The summed E-state index contributed by atoms with van der Waals surface area (Å²) in [5.41, 5.74) is 3.11. The van der Waals surface area contributed by atoms with E-state index < -0.39 is 0 Å². The van der Waals surface area contributed by atoms with Crippen LogP contribution in [0.5, 0.6) is 5.75 Å². The molecule has 1 saturated heterocycles. The Morgan fingerprint density at radius 3 is 2.65 bits per heavy atom. The molecule has 0 atom stereocenters. The van der Waals surface area contributed by atoms with Crippen molar-refractivity contribution in [3.8, 4) is 11.9 Å². The third-order valence-corrected chi connectivity index (χ3v) is 6.37. The monoisotopic (exact) mass is 460 g/mol. The topological polar surface area (TPSA) is 76.2 Å². The molecule has 0 spiro atoms. The van der Waals surface area contributed by atoms with Crippen molar-refractivity contribution in [2.24, 2.45) is 0 Å². The number of aryl methyl sites for hydroxylation is 1. The number of methoxy groups -OCH3 is 1. The summed E-state index contributed by atoms with van der Waals surface area (Å²) in [4.78, 5) is 18.7. The van der Waals surface area contributed by atoms with Gasteiger partial charge in [-0.15, -0.1) is 0 Å². The van der Waals surface area contributed by atoms with Crippen LogP contribution in [-0.2, 0) is 0 Å². The van der Waals surface area contributed by atoms with Crippen molar-refractivity contribution in [1.29, 1.82) is 5.26 Å². The van der Waals surface area contributed by atoms with Crippen LogP contribution in [0.3, 0.4) is 0 Å². The highest BCUT2D eigenvalue weighted by atomic mass is 16.5. The van der Waals surface area contributed by atoms with Crippen LogP contribution in [0.1, 0.15) is 18.4 Å². The number of pyridine rings is 1. The Morgan fingerprint density at radius 1 is 1.12 bits per heavy atom. The highest BCUT2D eigenvalue weighted by Gasteiger charge is 2.20. The van der Waals surface area contributed by atoms with Gasteiger partial charge in [0.1, 0.15) is 11.6 Å². The average molecular weight is 461 g/mol. The van der Waals surface area contributed by atoms with Gasteiger partial charge in [0.05, 0.1) is 12.8 Å². The Hall–Kier alpha value is -3.70. The largest absolute Gasteiger partial charge is 0.495 e. The summed E-state index contributed by atoms with van der Waals surface area (Å²) in [7, 11) is 1.71. The van der Waals surface area contributed by atoms with Crippen LogP contribution in [0.15, 0.2) is 54.7 Å². The number of anilines is 2. The molecule has 8 heteroatoms. The number of unbranched alkanes of at least 4 members (excludes halogenated alkanes) is 1. The van der Waals surface area contributed by atoms with Crippen LogP contribution in [0.4, 0.5) is 16.3 Å². The van der Waals surface area contributed by atoms with Gasteiger partial charge in [-0.1, -0.05) is 18.2 Å². The maximum atomic E-state index is 12.7. The van der Waals surface area contributed by atoms with E-state index >= 15 is 0 Å². The molecule has 8 nitrogen and oxygen atoms in total. The number of fused-ring (bicyclic) bond motifs is 1. The Labute approximate surface area is 200 Å². The Bertz CT molecular complexity index is 1160. The predicted octanol–water partition coefficient (Wildman–Crippen LogP) is 4.17. The number of nitrogens with zero attached hydrogens (tertiary/aromatic N) is 5. The number of hydrogen-bond acceptors (Lipinski definition) is 5. The average Bonchev–Trinajstić information content (AvgIpc) is 3.19. The molecule has 178 valence electrons. The summed E-state index contributed by atoms with van der Waals surface area (Å²) >= 11 is 0. The molecule has 0 aliphatic carbocycles. The molecule has 1 N–H and O–H groups in total. The Balaban J connectivity index is 1.21. The minimum atomic E-state index is -0.389. The quantitative estimate of drug-likeness (QED) is 0.310. The summed E-state index contributed by atoms with van der Waals surface area (Å²) in [5.74, 6) is 1.61. The zero-order valence-electron chi connectivity index (χ0n) is 19.9. The minimum absolute atomic E-state index is 0.389. The van der Waals surface area contributed by atoms with E-state index in [2.05, 4.69) is 21.2 Å². The fourth-order valence-corrected chi connectivity index (χ4v) is 4.49. The summed E-state index contributed by atoms with van der Waals surface area (Å²) in [6.07, 6.45) is 5.66. The lowest BCUT2D eigenvalue weighted by molar-refractivity contribution is 0.225. The minimum Gasteiger partial charge on any atom is -0.495 e. The molecular weight excluding hydrogens is 428 g/mol. The van der Waals surface area contributed by atoms with Crippen LogP contribution < -0.4 is 15.0 Å². The second-order valence-corrected chi connectivity index (χ2v) is 8.56. The maximum Gasteiger partial charge on any atom is 0.336 e. The SMILES string of the molecule is COc1ccccc1N1CCN(CCCCN(C#N)C(=O)Nc2c(C)cc3ccccn23)CC1. The number of ether oxygens (including phenoxy) is 1. The van der Waals surface area contributed by atoms with Gasteiger partial charge in [0.15, 0.2) is 6.19 Å². The highest BCUT2D eigenvalue weighted by Crippen LogP contribution is 2.28. The van der Waals surface area contributed by atoms with Gasteiger partial charge in [0, 0.05) is 44.4 Å². The van der Waals surface area contributed by atoms with E-state index in [1.165, 1.54) is 4.90 Å². The van der Waals surface area contributed by atoms with Gasteiger partial charge < -0.3 is 14.0 Å². The van der Waals surface area contributed by atoms with Gasteiger partial charge in [-0.25, -0.2) is 9.69 Å². The summed E-state index contributed by atoms with van der Waals surface area (Å²) < 4.78 is 7.42. The zero-order chi connectivity index (χ0) is 23.9. The third-order valence-electron chi connectivity index (χ3n) is 6.37. The highest BCUT2D eigenvalue weighted by molar-refractivity contribution is 5.91. The van der Waals surface area contributed by atoms with Gasteiger partial charge in [-0.3, -0.25) is 10.2 Å². The lowest BCUT2D eigenvalue weighted by Crippen LogP contribution is -2.46. The van der Waals surface area contributed by atoms with Crippen LogP contribution in [0.2, 0.25) is 0 Å². The number of carbonyl (C=O) groups excluding carboxylic acids is 1. The number of carbonyl (C=O) groups is 1. The van der Waals surface area contributed by atoms with Crippen LogP contribution >= 0.6 is 0 Å². The van der Waals surface area contributed by atoms with Crippen molar-refractivity contribution < 1.29 is 9.53 Å². The molecule has 1 aromatic carbocycles. The lowest BCUT2D eigenvalue weighted by atomic mass is 10.2. The van der Waals surface area contributed by atoms with E-state index in [0.717, 1.165) is 68.1 Å². The molecule has 2 aromatic heterocycles. The first-order valence-corrected chi connectivity index (χ1v) is 11.8. The normalized spacial score (nSPS) is 14.1. The number of hydrogen-bond donors (Lipinski definition) is 1. The summed E-state index contributed by atoms with van der Waals surface area (Å²) in [6.45, 7) is 7.21. The van der Waals surface area contributed by atoms with Crippen molar-refractivity contribution in [3.05, 3.63) is 60.3 Å². The van der Waals surface area contributed by atoms with Crippen molar-refractivity contribution in [1.82, 2.24) is 14.2 Å². The van der Waals surface area contributed by atoms with Crippen molar-refractivity contribution in [2.75, 3.05) is 56.6 Å². The molecular formula is C26H32N6O2. The fourth-order valence-electron chi connectivity index (χ4n) is 4.49. The van der Waals surface area contributed by atoms with Gasteiger partial charge in [-0.2, -0.15) is 5.26 Å². The van der Waals surface area contributed by atoms with E-state index in [1.54, 1.807) is 7.11 Å². The van der Waals surface area contributed by atoms with E-state index in [1.807, 2.05) is 66.2 Å². The number of rotatable bonds is 8. The van der Waals surface area contributed by atoms with Gasteiger partial charge >= 0.3 is 6.03 Å². The number of nitriles is 1. The Morgan fingerprint density at radius 2 is 1.88 bits per heavy atom. The molecule has 4 rings (SSSR count). The molecule has 1 aliphatic rings. The molecule has 1 aliphatic heterocycles. The molecule has 0 saturated carbocycles. The first-order chi connectivity index (χ1) is 16.6. The summed E-state index contributed by atoms with van der Waals surface area (Å²) in [6, 6.07) is 15.6. The van der Waals surface area contributed by atoms with Crippen LogP contribution in [0, 0.1) is 18.4 Å². The number of urea groups is 1. The van der Waals surface area contributed by atoms with Crippen molar-refractivity contribution >= 4 is 23.1 Å². The molecule has 34 heavy (non-hydrogen) atoms. The number of benzene rings is 1. The number of amides is 2. The van der Waals surface area contributed by atoms with E-state index in [0.29, 0.717) is 12.4 Å². The van der Waals surface area contributed by atoms with Gasteiger partial charge in [0.25, 0.3) is 0 Å². The molecule has 0 radical (unpaired) electrons. The molecule has 0 bridgehead atoms. The van der Waals surface area contributed by atoms with Crippen LogP contribution in [0.25, 0.3) is 5.52 Å². The summed E-state index contributed by atoms with van der Waals surface area (Å²) in [5, 5.41) is 12.4. The smallest absolute Gasteiger partial charge is 0.336 e. The third kappa shape index (κ3) is 5.26. The van der Waals surface area contributed by atoms with Gasteiger partial charge in [-0.05, 0) is 62.2 Å². The molecule has 1 fully saturated rings. The first kappa shape index (κ1) is 23.5. The van der Waals surface area contributed by atoms with E-state index in [4.69, 9.17) is 4.74 Å². The van der Waals surface area contributed by atoms with Crippen molar-refractivity contribution in [2.45, 2.75) is 19.8 Å². The maximum absolute atomic E-state index is 12.7. The first-order valence-electron chi connectivity index (χ1n) is 11.8. The molecule has 2 amide bonds. The molecule has 3 heterocycles. The van der Waals surface area contributed by atoms with E-state index in [9.17, 15) is 10.1 Å². The second kappa shape index (κ2) is 10.9. The predicted molar refractivity (Wildman–Crippen MR) is 134 cm³/mol. The van der Waals surface area contributed by atoms with Crippen molar-refractivity contribution in [3.63, 3.8) is 0 Å². The number of aromatic nitrogens is 1. The van der Waals surface area contributed by atoms with Gasteiger partial charge in [0.2, 0.25) is 0 Å². The van der Waals surface area contributed by atoms with E-state index in [-0.39, 0.29) is 6.03 Å². The Kier molecular flexibility index (Phi) is 7.55. The number of piperazine rings is 1. The zero-order valence-corrected chi connectivity index (χ0v) is 19.9. The number of nitrogens with one attached hydrogen (secondary N) is 1. The van der Waals surface area contributed by atoms with Crippen LogP contribution in [-0.4, -0.2) is 66.6 Å². The second-order valence-electron chi connectivity index (χ2n) is 8.56. The lowest BCUT2D eigenvalue weighted by Gasteiger charge is -2.36. The fraction of sp³-hybridized carbons (Fsp3) is 0.385.